The summed E-state index contributed by atoms with van der Waals surface area (Å²) in [5, 5.41) is 4.14. The van der Waals surface area contributed by atoms with Gasteiger partial charge >= 0.3 is 0 Å². The van der Waals surface area contributed by atoms with Crippen LogP contribution in [0.2, 0.25) is 0 Å². The molecule has 1 aromatic heterocycles. The topological polar surface area (TPSA) is 53.1 Å². The number of anilines is 1. The van der Waals surface area contributed by atoms with Gasteiger partial charge in [0.25, 0.3) is 0 Å². The van der Waals surface area contributed by atoms with Crippen molar-refractivity contribution in [2.75, 3.05) is 12.3 Å². The second-order valence-corrected chi connectivity index (χ2v) is 3.50. The van der Waals surface area contributed by atoms with Gasteiger partial charge in [-0.3, -0.25) is 4.68 Å². The summed E-state index contributed by atoms with van der Waals surface area (Å²) >= 11 is 0. The maximum Gasteiger partial charge on any atom is 0.145 e. The van der Waals surface area contributed by atoms with Gasteiger partial charge in [0.1, 0.15) is 5.82 Å². The van der Waals surface area contributed by atoms with Crippen LogP contribution in [0.5, 0.6) is 0 Å². The zero-order valence-electron chi connectivity index (χ0n) is 7.86. The third kappa shape index (κ3) is 2.21. The Labute approximate surface area is 77.7 Å². The van der Waals surface area contributed by atoms with E-state index in [1.165, 1.54) is 12.8 Å². The van der Waals surface area contributed by atoms with E-state index in [2.05, 4.69) is 5.10 Å². The quantitative estimate of drug-likeness (QED) is 0.752. The van der Waals surface area contributed by atoms with Crippen molar-refractivity contribution in [3.63, 3.8) is 0 Å². The molecule has 1 aliphatic carbocycles. The van der Waals surface area contributed by atoms with Gasteiger partial charge in [-0.2, -0.15) is 5.10 Å². The molecule has 1 saturated carbocycles. The maximum absolute atomic E-state index is 5.55. The predicted molar refractivity (Wildman–Crippen MR) is 50.4 cm³/mol. The first-order valence-electron chi connectivity index (χ1n) is 4.67. The van der Waals surface area contributed by atoms with Crippen LogP contribution in [0, 0.1) is 6.92 Å². The molecule has 13 heavy (non-hydrogen) atoms. The average molecular weight is 181 g/mol. The molecule has 1 heterocycles. The second-order valence-electron chi connectivity index (χ2n) is 3.50. The molecule has 1 aliphatic rings. The number of nitrogens with two attached hydrogens (primary N) is 1. The SMILES string of the molecule is Cc1cc(N)nn1CCOC1CC1. The Bertz CT molecular complexity index is 291. The molecule has 0 aromatic carbocycles. The van der Waals surface area contributed by atoms with E-state index in [0.717, 1.165) is 18.8 Å². The van der Waals surface area contributed by atoms with Crippen LogP contribution in [-0.4, -0.2) is 22.5 Å². The number of rotatable bonds is 4. The van der Waals surface area contributed by atoms with E-state index in [4.69, 9.17) is 10.5 Å². The zero-order chi connectivity index (χ0) is 9.26. The van der Waals surface area contributed by atoms with E-state index in [9.17, 15) is 0 Å². The number of hydrogen-bond donors (Lipinski definition) is 1. The molecule has 0 amide bonds. The smallest absolute Gasteiger partial charge is 0.145 e. The van der Waals surface area contributed by atoms with Crippen molar-refractivity contribution in [2.24, 2.45) is 0 Å². The van der Waals surface area contributed by atoms with Crippen LogP contribution in [0.1, 0.15) is 18.5 Å². The Kier molecular flexibility index (Phi) is 2.22. The molecular formula is C9H15N3O. The number of hydrogen-bond acceptors (Lipinski definition) is 3. The summed E-state index contributed by atoms with van der Waals surface area (Å²) in [6, 6.07) is 1.87. The van der Waals surface area contributed by atoms with Crippen molar-refractivity contribution in [1.29, 1.82) is 0 Å². The highest BCUT2D eigenvalue weighted by molar-refractivity contribution is 5.28. The summed E-state index contributed by atoms with van der Waals surface area (Å²) < 4.78 is 7.41. The van der Waals surface area contributed by atoms with Gasteiger partial charge in [0.2, 0.25) is 0 Å². The maximum atomic E-state index is 5.55. The molecule has 1 aromatic rings. The third-order valence-corrected chi connectivity index (χ3v) is 2.18. The van der Waals surface area contributed by atoms with E-state index in [1.54, 1.807) is 0 Å². The van der Waals surface area contributed by atoms with Crippen molar-refractivity contribution in [2.45, 2.75) is 32.4 Å². The number of ether oxygens (including phenoxy) is 1. The summed E-state index contributed by atoms with van der Waals surface area (Å²) in [5.41, 5.74) is 6.64. The highest BCUT2D eigenvalue weighted by atomic mass is 16.5. The molecule has 2 rings (SSSR count). The van der Waals surface area contributed by atoms with Crippen LogP contribution in [-0.2, 0) is 11.3 Å². The van der Waals surface area contributed by atoms with Crippen LogP contribution < -0.4 is 5.73 Å². The lowest BCUT2D eigenvalue weighted by Crippen LogP contribution is -2.09. The van der Waals surface area contributed by atoms with Crippen molar-refractivity contribution in [3.8, 4) is 0 Å². The largest absolute Gasteiger partial charge is 0.382 e. The minimum atomic E-state index is 0.521. The van der Waals surface area contributed by atoms with Crippen LogP contribution >= 0.6 is 0 Å². The number of aryl methyl sites for hydroxylation is 1. The summed E-state index contributed by atoms with van der Waals surface area (Å²) in [7, 11) is 0. The molecule has 0 radical (unpaired) electrons. The second kappa shape index (κ2) is 3.38. The molecule has 0 unspecified atom stereocenters. The van der Waals surface area contributed by atoms with Gasteiger partial charge in [-0.1, -0.05) is 0 Å². The number of nitrogens with zero attached hydrogens (tertiary/aromatic N) is 2. The van der Waals surface area contributed by atoms with E-state index < -0.39 is 0 Å². The Hall–Kier alpha value is -1.03. The van der Waals surface area contributed by atoms with Gasteiger partial charge in [0, 0.05) is 11.8 Å². The lowest BCUT2D eigenvalue weighted by atomic mass is 10.4. The van der Waals surface area contributed by atoms with Crippen LogP contribution in [0.4, 0.5) is 5.82 Å². The minimum absolute atomic E-state index is 0.521. The highest BCUT2D eigenvalue weighted by Crippen LogP contribution is 2.23. The van der Waals surface area contributed by atoms with Gasteiger partial charge in [-0.05, 0) is 19.8 Å². The molecule has 0 atom stereocenters. The molecule has 0 aliphatic heterocycles. The van der Waals surface area contributed by atoms with Gasteiger partial charge in [0.05, 0.1) is 19.3 Å². The molecule has 4 heteroatoms. The normalized spacial score (nSPS) is 16.4. The predicted octanol–water partition coefficient (Wildman–Crippen LogP) is 0.953. The van der Waals surface area contributed by atoms with Crippen LogP contribution in [0.25, 0.3) is 0 Å². The average Bonchev–Trinajstić information content (AvgIpc) is 2.81. The molecule has 4 nitrogen and oxygen atoms in total. The van der Waals surface area contributed by atoms with Crippen molar-refractivity contribution in [1.82, 2.24) is 9.78 Å². The Morgan fingerprint density at radius 2 is 2.46 bits per heavy atom. The molecule has 0 bridgehead atoms. The molecule has 0 saturated heterocycles. The highest BCUT2D eigenvalue weighted by Gasteiger charge is 2.21. The standard InChI is InChI=1S/C9H15N3O/c1-7-6-9(10)11-12(7)4-5-13-8-2-3-8/h6,8H,2-5H2,1H3,(H2,10,11). The summed E-state index contributed by atoms with van der Waals surface area (Å²) in [5.74, 6) is 0.587. The number of nitrogen functional groups attached to an aromatic ring is 1. The lowest BCUT2D eigenvalue weighted by molar-refractivity contribution is 0.109. The fourth-order valence-electron chi connectivity index (χ4n) is 1.30. The molecule has 2 N–H and O–H groups in total. The van der Waals surface area contributed by atoms with Gasteiger partial charge < -0.3 is 10.5 Å². The van der Waals surface area contributed by atoms with Crippen molar-refractivity contribution < 1.29 is 4.74 Å². The monoisotopic (exact) mass is 181 g/mol. The van der Waals surface area contributed by atoms with Gasteiger partial charge in [0.15, 0.2) is 0 Å². The van der Waals surface area contributed by atoms with E-state index >= 15 is 0 Å². The lowest BCUT2D eigenvalue weighted by Gasteiger charge is -2.04. The summed E-state index contributed by atoms with van der Waals surface area (Å²) in [6.45, 7) is 3.55. The summed E-state index contributed by atoms with van der Waals surface area (Å²) in [4.78, 5) is 0. The molecule has 0 spiro atoms. The Balaban J connectivity index is 1.81. The van der Waals surface area contributed by atoms with E-state index in [-0.39, 0.29) is 0 Å². The van der Waals surface area contributed by atoms with Crippen molar-refractivity contribution >= 4 is 5.82 Å². The Morgan fingerprint density at radius 3 is 3.00 bits per heavy atom. The van der Waals surface area contributed by atoms with E-state index in [0.29, 0.717) is 11.9 Å². The molecule has 1 fully saturated rings. The fraction of sp³-hybridized carbons (Fsp3) is 0.667. The molecular weight excluding hydrogens is 166 g/mol. The van der Waals surface area contributed by atoms with Crippen LogP contribution in [0.15, 0.2) is 6.07 Å². The van der Waals surface area contributed by atoms with Gasteiger partial charge in [-0.15, -0.1) is 0 Å². The van der Waals surface area contributed by atoms with Crippen LogP contribution in [0.3, 0.4) is 0 Å². The first kappa shape index (κ1) is 8.56. The number of aromatic nitrogens is 2. The first-order chi connectivity index (χ1) is 6.25. The minimum Gasteiger partial charge on any atom is -0.382 e. The zero-order valence-corrected chi connectivity index (χ0v) is 7.86. The first-order valence-corrected chi connectivity index (χ1v) is 4.67. The third-order valence-electron chi connectivity index (χ3n) is 2.18. The van der Waals surface area contributed by atoms with Gasteiger partial charge in [-0.25, -0.2) is 0 Å². The Morgan fingerprint density at radius 1 is 1.69 bits per heavy atom. The van der Waals surface area contributed by atoms with Crippen molar-refractivity contribution in [3.05, 3.63) is 11.8 Å². The summed E-state index contributed by atoms with van der Waals surface area (Å²) in [6.07, 6.45) is 2.97. The van der Waals surface area contributed by atoms with E-state index in [1.807, 2.05) is 17.7 Å². The fourth-order valence-corrected chi connectivity index (χ4v) is 1.30. The molecule has 72 valence electrons.